The van der Waals surface area contributed by atoms with Gasteiger partial charge in [0.05, 0.1) is 5.69 Å². The van der Waals surface area contributed by atoms with Crippen LogP contribution in [0.25, 0.3) is 5.82 Å². The zero-order valence-electron chi connectivity index (χ0n) is 12.5. The van der Waals surface area contributed by atoms with E-state index in [1.54, 1.807) is 38.4 Å². The summed E-state index contributed by atoms with van der Waals surface area (Å²) in [6.45, 7) is 3.31. The van der Waals surface area contributed by atoms with E-state index < -0.39 is 17.5 Å². The van der Waals surface area contributed by atoms with Crippen molar-refractivity contribution >= 4 is 11.8 Å². The van der Waals surface area contributed by atoms with Gasteiger partial charge in [-0.1, -0.05) is 5.16 Å². The van der Waals surface area contributed by atoms with Gasteiger partial charge in [-0.2, -0.15) is 5.10 Å². The van der Waals surface area contributed by atoms with Gasteiger partial charge in [-0.15, -0.1) is 5.10 Å². The zero-order valence-corrected chi connectivity index (χ0v) is 12.5. The number of rotatable bonds is 4. The largest absolute Gasteiger partial charge is 0.338 e. The summed E-state index contributed by atoms with van der Waals surface area (Å²) in [5.41, 5.74) is 0.251. The van der Waals surface area contributed by atoms with Crippen LogP contribution >= 0.6 is 0 Å². The lowest BCUT2D eigenvalue weighted by molar-refractivity contribution is -0.119. The molecule has 1 N–H and O–H groups in total. The number of amides is 1. The molecule has 0 radical (unpaired) electrons. The molecule has 0 saturated heterocycles. The summed E-state index contributed by atoms with van der Waals surface area (Å²) in [6, 6.07) is 5.37. The first-order valence-electron chi connectivity index (χ1n) is 6.88. The zero-order chi connectivity index (χ0) is 16.4. The van der Waals surface area contributed by atoms with Crippen LogP contribution < -0.4 is 10.9 Å². The molecular weight excluding hydrogens is 300 g/mol. The van der Waals surface area contributed by atoms with Crippen molar-refractivity contribution in [1.82, 2.24) is 24.7 Å². The second kappa shape index (κ2) is 5.87. The van der Waals surface area contributed by atoms with Crippen molar-refractivity contribution < 1.29 is 9.32 Å². The topological polar surface area (TPSA) is 108 Å². The van der Waals surface area contributed by atoms with Crippen molar-refractivity contribution in [2.45, 2.75) is 19.9 Å². The normalized spacial score (nSPS) is 12.1. The Morgan fingerprint density at radius 1 is 1.39 bits per heavy atom. The maximum absolute atomic E-state index is 12.3. The molecule has 0 bridgehead atoms. The average molecular weight is 314 g/mol. The number of carbonyl (C=O) groups excluding carboxylic acids is 1. The summed E-state index contributed by atoms with van der Waals surface area (Å²) in [5.74, 6) is 0.216. The maximum Gasteiger partial charge on any atom is 0.267 e. The van der Waals surface area contributed by atoms with E-state index in [0.717, 1.165) is 4.68 Å². The van der Waals surface area contributed by atoms with Crippen molar-refractivity contribution in [3.63, 3.8) is 0 Å². The van der Waals surface area contributed by atoms with Crippen molar-refractivity contribution in [3.8, 4) is 5.82 Å². The number of carbonyl (C=O) groups is 1. The summed E-state index contributed by atoms with van der Waals surface area (Å²) in [5, 5.41) is 14.5. The van der Waals surface area contributed by atoms with Crippen LogP contribution in [-0.4, -0.2) is 30.6 Å². The van der Waals surface area contributed by atoms with Gasteiger partial charge in [-0.25, -0.2) is 9.36 Å². The lowest BCUT2D eigenvalue weighted by atomic mass is 10.3. The molecule has 1 atom stereocenters. The van der Waals surface area contributed by atoms with E-state index in [9.17, 15) is 9.59 Å². The van der Waals surface area contributed by atoms with E-state index in [1.165, 1.54) is 16.8 Å². The highest BCUT2D eigenvalue weighted by Gasteiger charge is 2.19. The molecule has 0 aliphatic carbocycles. The summed E-state index contributed by atoms with van der Waals surface area (Å²) in [6.07, 6.45) is 3.29. The van der Waals surface area contributed by atoms with Gasteiger partial charge in [-0.05, 0) is 26.0 Å². The monoisotopic (exact) mass is 314 g/mol. The highest BCUT2D eigenvalue weighted by atomic mass is 16.5. The van der Waals surface area contributed by atoms with E-state index in [-0.39, 0.29) is 5.88 Å². The Hall–Kier alpha value is -3.23. The first kappa shape index (κ1) is 14.7. The number of aromatic nitrogens is 5. The number of anilines is 1. The fourth-order valence-electron chi connectivity index (χ4n) is 1.98. The Bertz CT molecular complexity index is 880. The smallest absolute Gasteiger partial charge is 0.267 e. The van der Waals surface area contributed by atoms with E-state index in [0.29, 0.717) is 11.5 Å². The fourth-order valence-corrected chi connectivity index (χ4v) is 1.98. The summed E-state index contributed by atoms with van der Waals surface area (Å²) in [4.78, 5) is 24.2. The second-order valence-electron chi connectivity index (χ2n) is 4.92. The van der Waals surface area contributed by atoms with Gasteiger partial charge in [0.25, 0.3) is 11.5 Å². The van der Waals surface area contributed by atoms with Crippen LogP contribution in [0.15, 0.2) is 46.0 Å². The van der Waals surface area contributed by atoms with Gasteiger partial charge in [-0.3, -0.25) is 14.9 Å². The van der Waals surface area contributed by atoms with Crippen molar-refractivity contribution in [3.05, 3.63) is 52.7 Å². The minimum atomic E-state index is -0.830. The number of hydrogen-bond acceptors (Lipinski definition) is 6. The van der Waals surface area contributed by atoms with Crippen LogP contribution in [0.4, 0.5) is 5.88 Å². The Kier molecular flexibility index (Phi) is 3.75. The molecule has 118 valence electrons. The van der Waals surface area contributed by atoms with Crippen LogP contribution in [0.2, 0.25) is 0 Å². The molecule has 3 aromatic heterocycles. The Morgan fingerprint density at radius 2 is 2.22 bits per heavy atom. The van der Waals surface area contributed by atoms with Crippen LogP contribution in [-0.2, 0) is 4.79 Å². The first-order chi connectivity index (χ1) is 11.0. The van der Waals surface area contributed by atoms with Gasteiger partial charge in [0.2, 0.25) is 5.88 Å². The molecule has 9 heteroatoms. The average Bonchev–Trinajstić information content (AvgIpc) is 3.19. The molecule has 0 aromatic carbocycles. The molecule has 3 aromatic rings. The molecule has 1 amide bonds. The lowest BCUT2D eigenvalue weighted by Gasteiger charge is -2.13. The number of nitrogens with one attached hydrogen (secondary N) is 1. The lowest BCUT2D eigenvalue weighted by Crippen LogP contribution is -2.33. The molecule has 3 heterocycles. The molecule has 0 aliphatic heterocycles. The first-order valence-corrected chi connectivity index (χ1v) is 6.88. The molecular formula is C14H14N6O3. The van der Waals surface area contributed by atoms with Gasteiger partial charge < -0.3 is 4.52 Å². The Balaban J connectivity index is 1.86. The van der Waals surface area contributed by atoms with Gasteiger partial charge >= 0.3 is 0 Å². The van der Waals surface area contributed by atoms with Crippen LogP contribution in [0, 0.1) is 6.92 Å². The van der Waals surface area contributed by atoms with E-state index in [2.05, 4.69) is 20.7 Å². The second-order valence-corrected chi connectivity index (χ2v) is 4.92. The van der Waals surface area contributed by atoms with Crippen molar-refractivity contribution in [1.29, 1.82) is 0 Å². The fraction of sp³-hybridized carbons (Fsp3) is 0.214. The highest BCUT2D eigenvalue weighted by Crippen LogP contribution is 2.12. The minimum absolute atomic E-state index is 0.218. The predicted octanol–water partition coefficient (Wildman–Crippen LogP) is 0.925. The number of aryl methyl sites for hydroxylation is 1. The van der Waals surface area contributed by atoms with Crippen molar-refractivity contribution in [2.24, 2.45) is 0 Å². The minimum Gasteiger partial charge on any atom is -0.338 e. The SMILES string of the molecule is Cc1cc(NC(=O)C(C)n2nc(-n3cccn3)ccc2=O)on1. The Morgan fingerprint density at radius 3 is 2.87 bits per heavy atom. The van der Waals surface area contributed by atoms with Gasteiger partial charge in [0.1, 0.15) is 6.04 Å². The quantitative estimate of drug-likeness (QED) is 0.767. The van der Waals surface area contributed by atoms with E-state index in [1.807, 2.05) is 0 Å². The third-order valence-electron chi connectivity index (χ3n) is 3.17. The number of nitrogens with zero attached hydrogens (tertiary/aromatic N) is 5. The van der Waals surface area contributed by atoms with Gasteiger partial charge in [0.15, 0.2) is 5.82 Å². The third kappa shape index (κ3) is 3.03. The third-order valence-corrected chi connectivity index (χ3v) is 3.17. The molecule has 23 heavy (non-hydrogen) atoms. The molecule has 3 rings (SSSR count). The summed E-state index contributed by atoms with van der Waals surface area (Å²) < 4.78 is 7.52. The molecule has 0 fully saturated rings. The molecule has 0 spiro atoms. The van der Waals surface area contributed by atoms with Crippen LogP contribution in [0.1, 0.15) is 18.7 Å². The highest BCUT2D eigenvalue weighted by molar-refractivity contribution is 5.92. The number of hydrogen-bond donors (Lipinski definition) is 1. The van der Waals surface area contributed by atoms with Crippen LogP contribution in [0.5, 0.6) is 0 Å². The van der Waals surface area contributed by atoms with E-state index in [4.69, 9.17) is 4.52 Å². The summed E-state index contributed by atoms with van der Waals surface area (Å²) >= 11 is 0. The molecule has 0 saturated carbocycles. The van der Waals surface area contributed by atoms with E-state index >= 15 is 0 Å². The van der Waals surface area contributed by atoms with Gasteiger partial charge in [0, 0.05) is 24.5 Å². The van der Waals surface area contributed by atoms with Crippen LogP contribution in [0.3, 0.4) is 0 Å². The maximum atomic E-state index is 12.3. The molecule has 9 nitrogen and oxygen atoms in total. The molecule has 0 aliphatic rings. The predicted molar refractivity (Wildman–Crippen MR) is 80.2 cm³/mol. The standard InChI is InChI=1S/C14H14N6O3/c1-9-8-12(23-18-9)16-14(22)10(2)20-13(21)5-4-11(17-20)19-7-3-6-15-19/h3-8,10H,1-2H3,(H,16,22). The Labute approximate surface area is 130 Å². The molecule has 1 unspecified atom stereocenters. The van der Waals surface area contributed by atoms with Crippen molar-refractivity contribution in [2.75, 3.05) is 5.32 Å². The summed E-state index contributed by atoms with van der Waals surface area (Å²) in [7, 11) is 0.